The summed E-state index contributed by atoms with van der Waals surface area (Å²) in [5.41, 5.74) is 0.768. The number of alkyl halides is 4. The first-order valence-electron chi connectivity index (χ1n) is 14.5. The van der Waals surface area contributed by atoms with E-state index in [9.17, 15) is 32.3 Å². The maximum Gasteiger partial charge on any atom is 0.278 e. The molecular weight excluding hydrogens is 592 g/mol. The standard InChI is InChI=1S/C27H32F4N8O5/c28-26(29)3-1-16(2-4-26)21(35-25(42)22-23(37-44-36-22)38-5-7-43-8-6-38)18-14-39-19(33-18)10-17(13-32-39)24(41)34-20(40)9-15-11-27(30,31)12-15/h10,13-16,21,24,41H,1-9,11-12H2,(H,34,40)(H,35,42)/t21-,24+/m0/s1. The van der Waals surface area contributed by atoms with Gasteiger partial charge in [-0.15, -0.1) is 0 Å². The van der Waals surface area contributed by atoms with Gasteiger partial charge in [0.15, 0.2) is 11.9 Å². The van der Waals surface area contributed by atoms with E-state index in [2.05, 4.69) is 31.0 Å². The zero-order valence-electron chi connectivity index (χ0n) is 23.6. The number of morpholine rings is 1. The summed E-state index contributed by atoms with van der Waals surface area (Å²) in [5, 5.41) is 27.8. The van der Waals surface area contributed by atoms with Gasteiger partial charge in [-0.1, -0.05) is 0 Å². The average Bonchev–Trinajstić information content (AvgIpc) is 3.63. The van der Waals surface area contributed by atoms with Crippen LogP contribution in [-0.4, -0.2) is 80.0 Å². The van der Waals surface area contributed by atoms with E-state index < -0.39 is 41.8 Å². The van der Waals surface area contributed by atoms with Gasteiger partial charge in [-0.3, -0.25) is 9.59 Å². The Balaban J connectivity index is 1.20. The van der Waals surface area contributed by atoms with Gasteiger partial charge >= 0.3 is 0 Å². The van der Waals surface area contributed by atoms with E-state index in [1.165, 1.54) is 16.8 Å². The van der Waals surface area contributed by atoms with Crippen LogP contribution < -0.4 is 15.5 Å². The first-order chi connectivity index (χ1) is 21.0. The van der Waals surface area contributed by atoms with Crippen molar-refractivity contribution in [3.63, 3.8) is 0 Å². The number of carbonyl (C=O) groups is 2. The van der Waals surface area contributed by atoms with Crippen molar-refractivity contribution in [2.75, 3.05) is 31.2 Å². The number of hydrogen-bond acceptors (Lipinski definition) is 10. The number of rotatable bonds is 9. The topological polar surface area (TPSA) is 160 Å². The van der Waals surface area contributed by atoms with Gasteiger partial charge in [0.2, 0.25) is 29.3 Å². The summed E-state index contributed by atoms with van der Waals surface area (Å²) < 4.78 is 65.9. The monoisotopic (exact) mass is 624 g/mol. The zero-order chi connectivity index (χ0) is 31.1. The molecule has 0 spiro atoms. The fourth-order valence-electron chi connectivity index (χ4n) is 6.04. The molecule has 0 aromatic carbocycles. The quantitative estimate of drug-likeness (QED) is 0.239. The molecule has 2 atom stereocenters. The van der Waals surface area contributed by atoms with E-state index in [0.29, 0.717) is 32.0 Å². The molecule has 13 nitrogen and oxygen atoms in total. The van der Waals surface area contributed by atoms with Crippen LogP contribution in [0.3, 0.4) is 0 Å². The van der Waals surface area contributed by atoms with Crippen LogP contribution in [0.4, 0.5) is 23.4 Å². The highest BCUT2D eigenvalue weighted by Crippen LogP contribution is 2.44. The number of nitrogens with zero attached hydrogens (tertiary/aromatic N) is 6. The first-order valence-corrected chi connectivity index (χ1v) is 14.5. The SMILES string of the molecule is O=C(CC1CC(F)(F)C1)N[C@H](O)c1cnn2cc([C@@H](NC(=O)c3nonc3N3CCOCC3)C3CCC(F)(F)CC3)nc2c1. The van der Waals surface area contributed by atoms with Gasteiger partial charge < -0.3 is 25.4 Å². The fraction of sp³-hybridized carbons (Fsp3) is 0.630. The normalized spacial score (nSPS) is 21.9. The Labute approximate surface area is 248 Å². The van der Waals surface area contributed by atoms with Gasteiger partial charge in [0.05, 0.1) is 37.3 Å². The summed E-state index contributed by atoms with van der Waals surface area (Å²) in [7, 11) is 0. The Hall–Kier alpha value is -3.86. The summed E-state index contributed by atoms with van der Waals surface area (Å²) >= 11 is 0. The highest BCUT2D eigenvalue weighted by Gasteiger charge is 2.46. The molecule has 238 valence electrons. The van der Waals surface area contributed by atoms with E-state index in [-0.39, 0.29) is 73.6 Å². The second kappa shape index (κ2) is 11.9. The molecule has 1 saturated heterocycles. The average molecular weight is 625 g/mol. The van der Waals surface area contributed by atoms with E-state index in [1.807, 2.05) is 4.90 Å². The molecule has 0 radical (unpaired) electrons. The molecule has 0 bridgehead atoms. The summed E-state index contributed by atoms with van der Waals surface area (Å²) in [6.07, 6.45) is 0.140. The molecule has 4 heterocycles. The van der Waals surface area contributed by atoms with Gasteiger partial charge in [-0.05, 0) is 41.1 Å². The number of imidazole rings is 1. The molecule has 6 rings (SSSR count). The molecule has 0 unspecified atom stereocenters. The molecular formula is C27H32F4N8O5. The number of ether oxygens (including phenoxy) is 1. The molecule has 2 amide bonds. The molecule has 1 aliphatic heterocycles. The minimum absolute atomic E-state index is 0.0494. The van der Waals surface area contributed by atoms with Crippen LogP contribution in [0.25, 0.3) is 5.65 Å². The van der Waals surface area contributed by atoms with E-state index in [0.717, 1.165) is 0 Å². The number of aliphatic hydroxyl groups excluding tert-OH is 1. The molecule has 2 aliphatic carbocycles. The van der Waals surface area contributed by atoms with Gasteiger partial charge in [0.1, 0.15) is 0 Å². The number of aliphatic hydroxyl groups is 1. The Morgan fingerprint density at radius 3 is 2.50 bits per heavy atom. The zero-order valence-corrected chi connectivity index (χ0v) is 23.6. The van der Waals surface area contributed by atoms with Gasteiger partial charge in [-0.2, -0.15) is 5.10 Å². The molecule has 3 fully saturated rings. The lowest BCUT2D eigenvalue weighted by Crippen LogP contribution is -2.40. The summed E-state index contributed by atoms with van der Waals surface area (Å²) in [6, 6.07) is 0.688. The van der Waals surface area contributed by atoms with Crippen LogP contribution in [-0.2, 0) is 9.53 Å². The number of fused-ring (bicyclic) bond motifs is 1. The van der Waals surface area contributed by atoms with E-state index in [4.69, 9.17) is 9.37 Å². The van der Waals surface area contributed by atoms with Crippen molar-refractivity contribution in [1.29, 1.82) is 0 Å². The highest BCUT2D eigenvalue weighted by atomic mass is 19.3. The fourth-order valence-corrected chi connectivity index (χ4v) is 6.04. The minimum atomic E-state index is -2.79. The van der Waals surface area contributed by atoms with Crippen molar-refractivity contribution in [1.82, 2.24) is 35.5 Å². The molecule has 44 heavy (non-hydrogen) atoms. The van der Waals surface area contributed by atoms with Gasteiger partial charge in [0, 0.05) is 50.8 Å². The summed E-state index contributed by atoms with van der Waals surface area (Å²) in [4.78, 5) is 32.1. The molecule has 3 aromatic heterocycles. The van der Waals surface area contributed by atoms with Crippen molar-refractivity contribution < 1.29 is 41.6 Å². The predicted molar refractivity (Wildman–Crippen MR) is 143 cm³/mol. The minimum Gasteiger partial charge on any atom is -0.378 e. The number of anilines is 1. The van der Waals surface area contributed by atoms with Crippen molar-refractivity contribution in [2.24, 2.45) is 11.8 Å². The van der Waals surface area contributed by atoms with Crippen molar-refractivity contribution in [3.05, 3.63) is 35.4 Å². The Morgan fingerprint density at radius 1 is 1.07 bits per heavy atom. The maximum absolute atomic E-state index is 14.0. The second-order valence-corrected chi connectivity index (χ2v) is 11.7. The largest absolute Gasteiger partial charge is 0.378 e. The molecule has 17 heteroatoms. The van der Waals surface area contributed by atoms with Crippen LogP contribution in [0.1, 0.15) is 79.0 Å². The van der Waals surface area contributed by atoms with Crippen LogP contribution in [0.15, 0.2) is 23.1 Å². The first kappa shape index (κ1) is 30.2. The number of carbonyl (C=O) groups excluding carboxylic acids is 2. The Morgan fingerprint density at radius 2 is 1.80 bits per heavy atom. The third-order valence-corrected chi connectivity index (χ3v) is 8.46. The maximum atomic E-state index is 14.0. The van der Waals surface area contributed by atoms with Gasteiger partial charge in [0.25, 0.3) is 5.91 Å². The Bertz CT molecular complexity index is 1490. The number of aromatic nitrogens is 5. The summed E-state index contributed by atoms with van der Waals surface area (Å²) in [5.74, 6) is -7.29. The van der Waals surface area contributed by atoms with Crippen molar-refractivity contribution in [2.45, 2.75) is 69.1 Å². The lowest BCUT2D eigenvalue weighted by molar-refractivity contribution is -0.136. The van der Waals surface area contributed by atoms with Crippen LogP contribution in [0.5, 0.6) is 0 Å². The Kier molecular flexibility index (Phi) is 8.17. The van der Waals surface area contributed by atoms with Crippen molar-refractivity contribution in [3.8, 4) is 0 Å². The molecule has 3 N–H and O–H groups in total. The smallest absolute Gasteiger partial charge is 0.278 e. The van der Waals surface area contributed by atoms with Crippen LogP contribution in [0.2, 0.25) is 0 Å². The number of halogens is 4. The molecule has 3 aliphatic rings. The lowest BCUT2D eigenvalue weighted by Gasteiger charge is -2.34. The number of nitrogens with one attached hydrogen (secondary N) is 2. The van der Waals surface area contributed by atoms with Crippen LogP contribution >= 0.6 is 0 Å². The van der Waals surface area contributed by atoms with Gasteiger partial charge in [-0.25, -0.2) is 31.7 Å². The molecule has 2 saturated carbocycles. The van der Waals surface area contributed by atoms with Crippen LogP contribution in [0, 0.1) is 11.8 Å². The molecule has 3 aromatic rings. The third-order valence-electron chi connectivity index (χ3n) is 8.46. The van der Waals surface area contributed by atoms with E-state index >= 15 is 0 Å². The van der Waals surface area contributed by atoms with Crippen molar-refractivity contribution >= 4 is 23.3 Å². The third kappa shape index (κ3) is 6.62. The lowest BCUT2D eigenvalue weighted by atomic mass is 9.79. The highest BCUT2D eigenvalue weighted by molar-refractivity contribution is 5.97. The number of hydrogen-bond donors (Lipinski definition) is 3. The second-order valence-electron chi connectivity index (χ2n) is 11.7. The number of amides is 2. The summed E-state index contributed by atoms with van der Waals surface area (Å²) in [6.45, 7) is 1.86. The predicted octanol–water partition coefficient (Wildman–Crippen LogP) is 2.79. The van der Waals surface area contributed by atoms with E-state index in [1.54, 1.807) is 6.20 Å².